The van der Waals surface area contributed by atoms with Crippen LogP contribution in [0.1, 0.15) is 5.56 Å². The highest BCUT2D eigenvalue weighted by molar-refractivity contribution is 7.80. The number of rotatable bonds is 0. The summed E-state index contributed by atoms with van der Waals surface area (Å²) < 4.78 is 12.6. The van der Waals surface area contributed by atoms with Crippen LogP contribution in [0.15, 0.2) is 23.1 Å². The van der Waals surface area contributed by atoms with Gasteiger partial charge < -0.3 is 0 Å². The summed E-state index contributed by atoms with van der Waals surface area (Å²) in [6.07, 6.45) is 5.00. The van der Waals surface area contributed by atoms with Crippen LogP contribution < -0.4 is 0 Å². The third-order valence-corrected chi connectivity index (χ3v) is 1.38. The average Bonchev–Trinajstić information content (AvgIpc) is 1.94. The first-order valence-electron chi connectivity index (χ1n) is 2.69. The first-order valence-corrected chi connectivity index (χ1v) is 3.14. The van der Waals surface area contributed by atoms with Crippen LogP contribution in [0, 0.1) is 18.2 Å². The van der Waals surface area contributed by atoms with Crippen molar-refractivity contribution in [3.8, 4) is 12.3 Å². The lowest BCUT2D eigenvalue weighted by Gasteiger charge is -1.93. The molecule has 0 saturated carbocycles. The normalized spacial score (nSPS) is 8.90. The highest BCUT2D eigenvalue weighted by atomic mass is 32.1. The van der Waals surface area contributed by atoms with E-state index in [1.807, 2.05) is 0 Å². The molecule has 0 aliphatic heterocycles. The molecule has 0 saturated heterocycles. The molecule has 0 bridgehead atoms. The zero-order valence-electron chi connectivity index (χ0n) is 5.13. The number of halogens is 1. The van der Waals surface area contributed by atoms with E-state index in [1.54, 1.807) is 6.07 Å². The predicted octanol–water partition coefficient (Wildman–Crippen LogP) is 2.10. The lowest BCUT2D eigenvalue weighted by atomic mass is 10.2. The topological polar surface area (TPSA) is 0 Å². The monoisotopic (exact) mass is 152 g/mol. The van der Waals surface area contributed by atoms with Crippen LogP contribution in [0.4, 0.5) is 4.39 Å². The fourth-order valence-electron chi connectivity index (χ4n) is 0.624. The Bertz CT molecular complexity index is 286. The molecule has 0 aromatic heterocycles. The fourth-order valence-corrected chi connectivity index (χ4v) is 0.828. The van der Waals surface area contributed by atoms with E-state index in [0.29, 0.717) is 4.90 Å². The Morgan fingerprint density at radius 2 is 2.20 bits per heavy atom. The van der Waals surface area contributed by atoms with E-state index in [-0.39, 0.29) is 11.4 Å². The number of terminal acetylenes is 1. The van der Waals surface area contributed by atoms with Crippen molar-refractivity contribution >= 4 is 12.6 Å². The van der Waals surface area contributed by atoms with Crippen molar-refractivity contribution in [3.05, 3.63) is 29.6 Å². The van der Waals surface area contributed by atoms with Gasteiger partial charge in [0.2, 0.25) is 0 Å². The van der Waals surface area contributed by atoms with Gasteiger partial charge in [-0.05, 0) is 18.2 Å². The van der Waals surface area contributed by atoms with E-state index in [4.69, 9.17) is 6.42 Å². The lowest BCUT2D eigenvalue weighted by molar-refractivity contribution is 0.623. The van der Waals surface area contributed by atoms with Crippen molar-refractivity contribution in [2.75, 3.05) is 0 Å². The van der Waals surface area contributed by atoms with E-state index in [1.165, 1.54) is 12.1 Å². The fraction of sp³-hybridized carbons (Fsp3) is 0. The number of benzene rings is 1. The van der Waals surface area contributed by atoms with Crippen LogP contribution >= 0.6 is 12.6 Å². The van der Waals surface area contributed by atoms with E-state index < -0.39 is 0 Å². The molecule has 0 unspecified atom stereocenters. The number of thiol groups is 1. The Hall–Kier alpha value is -0.940. The van der Waals surface area contributed by atoms with Gasteiger partial charge in [-0.1, -0.05) is 5.92 Å². The zero-order chi connectivity index (χ0) is 7.56. The highest BCUT2D eigenvalue weighted by Crippen LogP contribution is 2.11. The Labute approximate surface area is 64.5 Å². The Morgan fingerprint density at radius 3 is 2.70 bits per heavy atom. The van der Waals surface area contributed by atoms with Crippen LogP contribution in [0.2, 0.25) is 0 Å². The molecule has 0 amide bonds. The number of hydrogen-bond donors (Lipinski definition) is 1. The maximum atomic E-state index is 12.6. The van der Waals surface area contributed by atoms with Gasteiger partial charge in [0.15, 0.2) is 0 Å². The predicted molar refractivity (Wildman–Crippen MR) is 41.6 cm³/mol. The van der Waals surface area contributed by atoms with Gasteiger partial charge in [-0.15, -0.1) is 19.1 Å². The molecule has 0 radical (unpaired) electrons. The molecule has 0 atom stereocenters. The average molecular weight is 152 g/mol. The van der Waals surface area contributed by atoms with E-state index >= 15 is 0 Å². The quantitative estimate of drug-likeness (QED) is 0.427. The van der Waals surface area contributed by atoms with Crippen LogP contribution in [0.5, 0.6) is 0 Å². The van der Waals surface area contributed by atoms with E-state index in [2.05, 4.69) is 18.5 Å². The summed E-state index contributed by atoms with van der Waals surface area (Å²) in [5, 5.41) is 0. The molecule has 10 heavy (non-hydrogen) atoms. The van der Waals surface area contributed by atoms with Crippen molar-refractivity contribution in [2.45, 2.75) is 4.90 Å². The lowest BCUT2D eigenvalue weighted by Crippen LogP contribution is -1.81. The minimum absolute atomic E-state index is 0.257. The summed E-state index contributed by atoms with van der Waals surface area (Å²) in [5.41, 5.74) is 0.257. The third-order valence-electron chi connectivity index (χ3n) is 1.11. The van der Waals surface area contributed by atoms with Crippen LogP contribution in [0.3, 0.4) is 0 Å². The van der Waals surface area contributed by atoms with Crippen molar-refractivity contribution in [2.24, 2.45) is 0 Å². The second-order valence-electron chi connectivity index (χ2n) is 1.81. The maximum absolute atomic E-state index is 12.6. The number of hydrogen-bond acceptors (Lipinski definition) is 1. The van der Waals surface area contributed by atoms with Crippen molar-refractivity contribution < 1.29 is 4.39 Å². The van der Waals surface area contributed by atoms with Gasteiger partial charge >= 0.3 is 0 Å². The highest BCUT2D eigenvalue weighted by Gasteiger charge is 1.96. The van der Waals surface area contributed by atoms with Crippen LogP contribution in [0.25, 0.3) is 0 Å². The molecule has 1 aromatic rings. The minimum atomic E-state index is -0.375. The molecule has 0 nitrogen and oxygen atoms in total. The standard InChI is InChI=1S/C8H5FS/c1-2-6-5-7(10)3-4-8(6)9/h1,3-5,10H. The third kappa shape index (κ3) is 1.31. The molecule has 0 N–H and O–H groups in total. The molecule has 0 heterocycles. The molecule has 0 aliphatic carbocycles. The molecule has 0 aliphatic rings. The summed E-state index contributed by atoms with van der Waals surface area (Å²) in [6.45, 7) is 0. The van der Waals surface area contributed by atoms with Gasteiger partial charge in [-0.3, -0.25) is 0 Å². The van der Waals surface area contributed by atoms with Crippen molar-refractivity contribution in [3.63, 3.8) is 0 Å². The summed E-state index contributed by atoms with van der Waals surface area (Å²) in [6, 6.07) is 4.37. The van der Waals surface area contributed by atoms with Crippen molar-refractivity contribution in [1.82, 2.24) is 0 Å². The van der Waals surface area contributed by atoms with Gasteiger partial charge in [0, 0.05) is 4.90 Å². The second kappa shape index (κ2) is 2.76. The Balaban J connectivity index is 3.25. The molecule has 1 aromatic carbocycles. The largest absolute Gasteiger partial charge is 0.206 e. The Morgan fingerprint density at radius 1 is 1.50 bits per heavy atom. The maximum Gasteiger partial charge on any atom is 0.138 e. The van der Waals surface area contributed by atoms with E-state index in [9.17, 15) is 4.39 Å². The molecule has 50 valence electrons. The molecule has 2 heteroatoms. The first kappa shape index (κ1) is 7.17. The van der Waals surface area contributed by atoms with Gasteiger partial charge in [-0.2, -0.15) is 0 Å². The molecule has 0 spiro atoms. The van der Waals surface area contributed by atoms with Gasteiger partial charge in [0.05, 0.1) is 5.56 Å². The minimum Gasteiger partial charge on any atom is -0.206 e. The van der Waals surface area contributed by atoms with Crippen LogP contribution in [-0.4, -0.2) is 0 Å². The Kier molecular flexibility index (Phi) is 1.98. The molecular weight excluding hydrogens is 147 g/mol. The van der Waals surface area contributed by atoms with Gasteiger partial charge in [-0.25, -0.2) is 4.39 Å². The molecular formula is C8H5FS. The van der Waals surface area contributed by atoms with Gasteiger partial charge in [0.25, 0.3) is 0 Å². The SMILES string of the molecule is C#Cc1cc(S)ccc1F. The zero-order valence-corrected chi connectivity index (χ0v) is 6.03. The summed E-state index contributed by atoms with van der Waals surface area (Å²) in [7, 11) is 0. The van der Waals surface area contributed by atoms with Crippen molar-refractivity contribution in [1.29, 1.82) is 0 Å². The first-order chi connectivity index (χ1) is 4.74. The van der Waals surface area contributed by atoms with E-state index in [0.717, 1.165) is 0 Å². The summed E-state index contributed by atoms with van der Waals surface area (Å²) in [5.74, 6) is 1.84. The summed E-state index contributed by atoms with van der Waals surface area (Å²) >= 11 is 3.99. The van der Waals surface area contributed by atoms with Crippen LogP contribution in [-0.2, 0) is 0 Å². The van der Waals surface area contributed by atoms with Gasteiger partial charge in [0.1, 0.15) is 5.82 Å². The summed E-state index contributed by atoms with van der Waals surface area (Å²) in [4.78, 5) is 0.675. The smallest absolute Gasteiger partial charge is 0.138 e. The molecule has 1 rings (SSSR count). The molecule has 0 fully saturated rings. The second-order valence-corrected chi connectivity index (χ2v) is 2.32.